The van der Waals surface area contributed by atoms with Gasteiger partial charge in [0.1, 0.15) is 11.6 Å². The molecule has 0 aliphatic heterocycles. The van der Waals surface area contributed by atoms with E-state index < -0.39 is 10.0 Å². The third-order valence-electron chi connectivity index (χ3n) is 2.74. The topological polar surface area (TPSA) is 84.2 Å². The molecular weight excluding hydrogens is 358 g/mol. The van der Waals surface area contributed by atoms with Crippen LogP contribution >= 0.6 is 15.9 Å². The standard InChI is InChI=1S/C13H16BrN3O3S/c1-3-15-7-10-4-5-13(20-10)21(18,19)17-12-6-9(2)11(14)8-16-12/h4-6,8,15H,3,7H2,1-2H3,(H,16,17). The molecule has 6 nitrogen and oxygen atoms in total. The lowest BCUT2D eigenvalue weighted by molar-refractivity contribution is 0.405. The number of hydrogen-bond donors (Lipinski definition) is 2. The van der Waals surface area contributed by atoms with Gasteiger partial charge in [0.05, 0.1) is 6.54 Å². The van der Waals surface area contributed by atoms with Gasteiger partial charge in [-0.2, -0.15) is 8.42 Å². The van der Waals surface area contributed by atoms with E-state index in [1.54, 1.807) is 18.3 Å². The summed E-state index contributed by atoms with van der Waals surface area (Å²) in [5.41, 5.74) is 0.884. The van der Waals surface area contributed by atoms with Gasteiger partial charge in [-0.15, -0.1) is 0 Å². The summed E-state index contributed by atoms with van der Waals surface area (Å²) in [4.78, 5) is 4.02. The molecule has 0 aliphatic carbocycles. The van der Waals surface area contributed by atoms with Crippen LogP contribution in [-0.2, 0) is 16.6 Å². The summed E-state index contributed by atoms with van der Waals surface area (Å²) in [5, 5.41) is 2.94. The van der Waals surface area contributed by atoms with Crippen molar-refractivity contribution in [3.63, 3.8) is 0 Å². The second-order valence-electron chi connectivity index (χ2n) is 4.43. The van der Waals surface area contributed by atoms with Crippen molar-refractivity contribution in [2.24, 2.45) is 0 Å². The van der Waals surface area contributed by atoms with Crippen LogP contribution < -0.4 is 10.0 Å². The van der Waals surface area contributed by atoms with E-state index in [0.29, 0.717) is 12.3 Å². The number of anilines is 1. The van der Waals surface area contributed by atoms with Crippen molar-refractivity contribution in [2.75, 3.05) is 11.3 Å². The van der Waals surface area contributed by atoms with E-state index in [-0.39, 0.29) is 10.9 Å². The molecule has 114 valence electrons. The summed E-state index contributed by atoms with van der Waals surface area (Å²) >= 11 is 3.32. The van der Waals surface area contributed by atoms with Crippen LogP contribution in [0.25, 0.3) is 0 Å². The zero-order chi connectivity index (χ0) is 15.5. The van der Waals surface area contributed by atoms with E-state index in [9.17, 15) is 8.42 Å². The number of hydrogen-bond acceptors (Lipinski definition) is 5. The minimum absolute atomic E-state index is 0.127. The number of aryl methyl sites for hydroxylation is 1. The molecule has 0 radical (unpaired) electrons. The minimum atomic E-state index is -3.77. The monoisotopic (exact) mass is 373 g/mol. The van der Waals surface area contributed by atoms with Crippen LogP contribution in [0.1, 0.15) is 18.2 Å². The number of nitrogens with zero attached hydrogens (tertiary/aromatic N) is 1. The third kappa shape index (κ3) is 4.05. The first-order chi connectivity index (χ1) is 9.92. The van der Waals surface area contributed by atoms with Crippen molar-refractivity contribution in [1.29, 1.82) is 0 Å². The molecule has 8 heteroatoms. The zero-order valence-electron chi connectivity index (χ0n) is 11.7. The molecule has 2 rings (SSSR count). The average Bonchev–Trinajstić information content (AvgIpc) is 2.90. The normalized spacial score (nSPS) is 11.6. The highest BCUT2D eigenvalue weighted by molar-refractivity contribution is 9.10. The molecule has 0 saturated carbocycles. The summed E-state index contributed by atoms with van der Waals surface area (Å²) in [5.74, 6) is 0.817. The molecule has 0 aliphatic rings. The molecule has 0 saturated heterocycles. The number of rotatable bonds is 6. The van der Waals surface area contributed by atoms with Crippen LogP contribution in [0.3, 0.4) is 0 Å². The number of sulfonamides is 1. The number of aromatic nitrogens is 1. The predicted molar refractivity (Wildman–Crippen MR) is 83.6 cm³/mol. The van der Waals surface area contributed by atoms with Gasteiger partial charge in [-0.05, 0) is 53.2 Å². The van der Waals surface area contributed by atoms with Crippen molar-refractivity contribution < 1.29 is 12.8 Å². The van der Waals surface area contributed by atoms with Crippen LogP contribution in [0.5, 0.6) is 0 Å². The van der Waals surface area contributed by atoms with Crippen molar-refractivity contribution in [3.05, 3.63) is 40.2 Å². The number of pyridine rings is 1. The molecule has 0 atom stereocenters. The summed E-state index contributed by atoms with van der Waals surface area (Å²) < 4.78 is 33.0. The van der Waals surface area contributed by atoms with Crippen LogP contribution in [-0.4, -0.2) is 19.9 Å². The van der Waals surface area contributed by atoms with Gasteiger partial charge in [-0.25, -0.2) is 4.98 Å². The zero-order valence-corrected chi connectivity index (χ0v) is 14.1. The first-order valence-corrected chi connectivity index (χ1v) is 8.64. The molecule has 0 unspecified atom stereocenters. The largest absolute Gasteiger partial charge is 0.446 e. The highest BCUT2D eigenvalue weighted by Crippen LogP contribution is 2.21. The SMILES string of the molecule is CCNCc1ccc(S(=O)(=O)Nc2cc(C)c(Br)cn2)o1. The first kappa shape index (κ1) is 16.0. The van der Waals surface area contributed by atoms with Crippen LogP contribution in [0.15, 0.2) is 38.4 Å². The van der Waals surface area contributed by atoms with E-state index in [0.717, 1.165) is 16.6 Å². The fraction of sp³-hybridized carbons (Fsp3) is 0.308. The first-order valence-electron chi connectivity index (χ1n) is 6.37. The molecule has 21 heavy (non-hydrogen) atoms. The van der Waals surface area contributed by atoms with Crippen LogP contribution in [0.4, 0.5) is 5.82 Å². The molecule has 0 aromatic carbocycles. The molecule has 0 amide bonds. The molecule has 0 spiro atoms. The summed E-state index contributed by atoms with van der Waals surface area (Å²) in [7, 11) is -3.77. The number of furan rings is 1. The van der Waals surface area contributed by atoms with Crippen LogP contribution in [0.2, 0.25) is 0 Å². The minimum Gasteiger partial charge on any atom is -0.446 e. The average molecular weight is 374 g/mol. The fourth-order valence-electron chi connectivity index (χ4n) is 1.63. The quantitative estimate of drug-likeness (QED) is 0.812. The Morgan fingerprint density at radius 2 is 2.14 bits per heavy atom. The van der Waals surface area contributed by atoms with E-state index in [4.69, 9.17) is 4.42 Å². The predicted octanol–water partition coefficient (Wildman–Crippen LogP) is 2.66. The summed E-state index contributed by atoms with van der Waals surface area (Å²) in [6.45, 7) is 5.08. The fourth-order valence-corrected chi connectivity index (χ4v) is 2.80. The van der Waals surface area contributed by atoms with E-state index in [2.05, 4.69) is 31.0 Å². The lowest BCUT2D eigenvalue weighted by Crippen LogP contribution is -2.14. The van der Waals surface area contributed by atoms with Crippen LogP contribution in [0, 0.1) is 6.92 Å². The van der Waals surface area contributed by atoms with Gasteiger partial charge in [0, 0.05) is 10.7 Å². The molecule has 0 bridgehead atoms. The maximum absolute atomic E-state index is 12.2. The Morgan fingerprint density at radius 1 is 1.38 bits per heavy atom. The number of nitrogens with one attached hydrogen (secondary N) is 2. The van der Waals surface area contributed by atoms with E-state index >= 15 is 0 Å². The molecular formula is C13H16BrN3O3S. The smallest absolute Gasteiger partial charge is 0.296 e. The summed E-state index contributed by atoms with van der Waals surface area (Å²) in [6.07, 6.45) is 1.55. The lowest BCUT2D eigenvalue weighted by Gasteiger charge is -2.06. The van der Waals surface area contributed by atoms with Crippen molar-refractivity contribution >= 4 is 31.8 Å². The second-order valence-corrected chi connectivity index (χ2v) is 6.89. The second kappa shape index (κ2) is 6.59. The van der Waals surface area contributed by atoms with Crippen molar-refractivity contribution in [3.8, 4) is 0 Å². The molecule has 2 aromatic rings. The molecule has 2 N–H and O–H groups in total. The van der Waals surface area contributed by atoms with E-state index in [1.165, 1.54) is 6.07 Å². The Labute approximate surface area is 132 Å². The van der Waals surface area contributed by atoms with Gasteiger partial charge in [0.2, 0.25) is 5.09 Å². The molecule has 2 heterocycles. The highest BCUT2D eigenvalue weighted by atomic mass is 79.9. The Bertz CT molecular complexity index is 728. The Kier molecular flexibility index (Phi) is 5.02. The Hall–Kier alpha value is -1.38. The van der Waals surface area contributed by atoms with Crippen molar-refractivity contribution in [1.82, 2.24) is 10.3 Å². The van der Waals surface area contributed by atoms with Gasteiger partial charge in [0.25, 0.3) is 10.0 Å². The Morgan fingerprint density at radius 3 is 2.81 bits per heavy atom. The molecule has 0 fully saturated rings. The maximum atomic E-state index is 12.2. The molecule has 2 aromatic heterocycles. The van der Waals surface area contributed by atoms with E-state index in [1.807, 2.05) is 13.8 Å². The van der Waals surface area contributed by atoms with Gasteiger partial charge >= 0.3 is 0 Å². The number of halogens is 1. The van der Waals surface area contributed by atoms with Gasteiger partial charge < -0.3 is 9.73 Å². The van der Waals surface area contributed by atoms with Gasteiger partial charge in [-0.3, -0.25) is 4.72 Å². The maximum Gasteiger partial charge on any atom is 0.296 e. The summed E-state index contributed by atoms with van der Waals surface area (Å²) in [6, 6.07) is 4.71. The highest BCUT2D eigenvalue weighted by Gasteiger charge is 2.19. The van der Waals surface area contributed by atoms with Gasteiger partial charge in [-0.1, -0.05) is 6.92 Å². The van der Waals surface area contributed by atoms with Gasteiger partial charge in [0.15, 0.2) is 0 Å². The lowest BCUT2D eigenvalue weighted by atomic mass is 10.3. The Balaban J connectivity index is 2.17. The third-order valence-corrected chi connectivity index (χ3v) is 4.79. The van der Waals surface area contributed by atoms with Crippen molar-refractivity contribution in [2.45, 2.75) is 25.5 Å².